The lowest BCUT2D eigenvalue weighted by molar-refractivity contribution is -0.139. The molecule has 0 fully saturated rings. The van der Waals surface area contributed by atoms with Gasteiger partial charge in [0.2, 0.25) is 9.84 Å². The molecule has 0 spiro atoms. The highest BCUT2D eigenvalue weighted by Gasteiger charge is 2.37. The highest BCUT2D eigenvalue weighted by molar-refractivity contribution is 8.31. The van der Waals surface area contributed by atoms with Crippen LogP contribution in [-0.4, -0.2) is 16.8 Å². The van der Waals surface area contributed by atoms with Gasteiger partial charge in [-0.25, -0.2) is 8.42 Å². The minimum atomic E-state index is -4.71. The Morgan fingerprint density at radius 1 is 0.750 bits per heavy atom. The van der Waals surface area contributed by atoms with Crippen molar-refractivity contribution in [3.63, 3.8) is 0 Å². The molecule has 2 aromatic rings. The van der Waals surface area contributed by atoms with Gasteiger partial charge in [0.25, 0.3) is 0 Å². The summed E-state index contributed by atoms with van der Waals surface area (Å²) in [6.45, 7) is 0. The van der Waals surface area contributed by atoms with E-state index in [9.17, 15) is 21.6 Å². The third-order valence-electron chi connectivity index (χ3n) is 2.54. The smallest absolute Gasteiger partial charge is 0.218 e. The molecule has 0 saturated carbocycles. The average molecular weight is 421 g/mol. The van der Waals surface area contributed by atoms with Gasteiger partial charge in [0, 0.05) is 21.4 Å². The standard InChI is InChI=1S/C13H9F3O2S.Cl2O2S/c14-13(15,16)11-8-4-5-9-12(11)19(17,18)10-6-2-1-3-7-10;1-5(2,3)4/h1-9H;. The minimum Gasteiger partial charge on any atom is -0.218 e. The van der Waals surface area contributed by atoms with Crippen molar-refractivity contribution in [2.24, 2.45) is 0 Å². The Morgan fingerprint density at radius 2 is 1.17 bits per heavy atom. The van der Waals surface area contributed by atoms with Gasteiger partial charge in [-0.15, -0.1) is 0 Å². The molecular formula is C13H9Cl2F3O4S2. The minimum absolute atomic E-state index is 0.160. The topological polar surface area (TPSA) is 68.3 Å². The number of sulfone groups is 1. The van der Waals surface area contributed by atoms with Crippen LogP contribution in [0, 0.1) is 0 Å². The average Bonchev–Trinajstić information content (AvgIpc) is 2.45. The summed E-state index contributed by atoms with van der Waals surface area (Å²) in [5, 5.41) is 0. The molecule has 132 valence electrons. The van der Waals surface area contributed by atoms with Crippen LogP contribution in [0.4, 0.5) is 13.2 Å². The van der Waals surface area contributed by atoms with Crippen LogP contribution in [0.5, 0.6) is 0 Å². The lowest BCUT2D eigenvalue weighted by atomic mass is 10.2. The summed E-state index contributed by atoms with van der Waals surface area (Å²) < 4.78 is 81.2. The predicted octanol–water partition coefficient (Wildman–Crippen LogP) is 4.25. The second-order valence-corrected chi connectivity index (χ2v) is 9.78. The largest absolute Gasteiger partial charge is 0.417 e. The summed E-state index contributed by atoms with van der Waals surface area (Å²) in [6, 6.07) is 11.2. The molecule has 2 aromatic carbocycles. The van der Waals surface area contributed by atoms with Gasteiger partial charge in [-0.3, -0.25) is 0 Å². The van der Waals surface area contributed by atoms with E-state index in [1.165, 1.54) is 30.3 Å². The second-order valence-electron chi connectivity index (χ2n) is 4.19. The van der Waals surface area contributed by atoms with Crippen LogP contribution in [0.1, 0.15) is 5.56 Å². The fraction of sp³-hybridized carbons (Fsp3) is 0.0769. The first-order chi connectivity index (χ1) is 10.8. The molecule has 0 radical (unpaired) electrons. The van der Waals surface area contributed by atoms with Crippen molar-refractivity contribution in [1.82, 2.24) is 0 Å². The first-order valence-electron chi connectivity index (χ1n) is 5.94. The third-order valence-corrected chi connectivity index (χ3v) is 4.36. The number of hydrogen-bond acceptors (Lipinski definition) is 4. The maximum Gasteiger partial charge on any atom is 0.417 e. The van der Waals surface area contributed by atoms with Crippen molar-refractivity contribution in [3.8, 4) is 0 Å². The van der Waals surface area contributed by atoms with E-state index >= 15 is 0 Å². The lowest BCUT2D eigenvalue weighted by Crippen LogP contribution is -2.13. The normalized spacial score (nSPS) is 12.2. The third kappa shape index (κ3) is 6.31. The Balaban J connectivity index is 0.000000505. The zero-order valence-electron chi connectivity index (χ0n) is 11.5. The Kier molecular flexibility index (Phi) is 6.68. The van der Waals surface area contributed by atoms with Crippen LogP contribution in [-0.2, 0) is 24.3 Å². The van der Waals surface area contributed by atoms with E-state index in [1.807, 2.05) is 0 Å². The first kappa shape index (κ1) is 20.8. The summed E-state index contributed by atoms with van der Waals surface area (Å²) >= 11 is 0. The molecule has 0 N–H and O–H groups in total. The van der Waals surface area contributed by atoms with Gasteiger partial charge in [-0.05, 0) is 24.3 Å². The summed E-state index contributed by atoms with van der Waals surface area (Å²) in [6.07, 6.45) is -4.71. The number of rotatable bonds is 2. The highest BCUT2D eigenvalue weighted by atomic mass is 36.0. The van der Waals surface area contributed by atoms with Gasteiger partial charge in [0.05, 0.1) is 15.4 Å². The summed E-state index contributed by atoms with van der Waals surface area (Å²) in [4.78, 5) is -0.889. The SMILES string of the molecule is O=S(=O)(Cl)Cl.O=S(=O)(c1ccccc1)c1ccccc1C(F)(F)F. The van der Waals surface area contributed by atoms with E-state index in [0.717, 1.165) is 18.2 Å². The Bertz CT molecular complexity index is 888. The first-order valence-corrected chi connectivity index (χ1v) is 10.6. The van der Waals surface area contributed by atoms with Gasteiger partial charge in [-0.2, -0.15) is 21.6 Å². The van der Waals surface area contributed by atoms with Crippen molar-refractivity contribution >= 4 is 39.5 Å². The summed E-state index contributed by atoms with van der Waals surface area (Å²) in [5.74, 6) is 0. The molecule has 2 rings (SSSR count). The Morgan fingerprint density at radius 3 is 1.62 bits per heavy atom. The van der Waals surface area contributed by atoms with Crippen molar-refractivity contribution < 1.29 is 30.0 Å². The van der Waals surface area contributed by atoms with Crippen molar-refractivity contribution in [2.75, 3.05) is 0 Å². The fourth-order valence-electron chi connectivity index (χ4n) is 1.66. The zero-order chi connectivity index (χ0) is 18.6. The molecule has 0 amide bonds. The van der Waals surface area contributed by atoms with E-state index in [4.69, 9.17) is 8.42 Å². The quantitative estimate of drug-likeness (QED) is 0.681. The zero-order valence-corrected chi connectivity index (χ0v) is 14.7. The van der Waals surface area contributed by atoms with E-state index in [1.54, 1.807) is 6.07 Å². The second kappa shape index (κ2) is 7.73. The van der Waals surface area contributed by atoms with Crippen molar-refractivity contribution in [2.45, 2.75) is 16.0 Å². The lowest BCUT2D eigenvalue weighted by Gasteiger charge is -2.12. The monoisotopic (exact) mass is 420 g/mol. The van der Waals surface area contributed by atoms with E-state index < -0.39 is 34.7 Å². The van der Waals surface area contributed by atoms with Crippen molar-refractivity contribution in [3.05, 3.63) is 60.2 Å². The van der Waals surface area contributed by atoms with Crippen LogP contribution in [0.3, 0.4) is 0 Å². The molecule has 0 saturated heterocycles. The summed E-state index contributed by atoms with van der Waals surface area (Å²) in [7, 11) is 0.640. The van der Waals surface area contributed by atoms with Crippen LogP contribution in [0.25, 0.3) is 0 Å². The van der Waals surface area contributed by atoms with Gasteiger partial charge in [0.1, 0.15) is 0 Å². The Labute approximate surface area is 145 Å². The van der Waals surface area contributed by atoms with Gasteiger partial charge < -0.3 is 0 Å². The molecule has 0 aliphatic heterocycles. The molecule has 24 heavy (non-hydrogen) atoms. The Hall–Kier alpha value is -1.29. The molecular weight excluding hydrogens is 412 g/mol. The molecule has 0 heterocycles. The van der Waals surface area contributed by atoms with Crippen molar-refractivity contribution in [1.29, 1.82) is 0 Å². The highest BCUT2D eigenvalue weighted by Crippen LogP contribution is 2.36. The molecule has 0 unspecified atom stereocenters. The van der Waals surface area contributed by atoms with Crippen LogP contribution >= 0.6 is 21.4 Å². The predicted molar refractivity (Wildman–Crippen MR) is 84.0 cm³/mol. The van der Waals surface area contributed by atoms with E-state index in [0.29, 0.717) is 0 Å². The molecule has 0 bridgehead atoms. The van der Waals surface area contributed by atoms with Crippen LogP contribution < -0.4 is 0 Å². The van der Waals surface area contributed by atoms with E-state index in [-0.39, 0.29) is 4.90 Å². The maximum atomic E-state index is 12.8. The molecule has 0 aliphatic carbocycles. The van der Waals surface area contributed by atoms with E-state index in [2.05, 4.69) is 21.4 Å². The molecule has 11 heteroatoms. The summed E-state index contributed by atoms with van der Waals surface area (Å²) in [5.41, 5.74) is -1.15. The fourth-order valence-corrected chi connectivity index (χ4v) is 3.16. The maximum absolute atomic E-state index is 12.8. The number of halogens is 5. The number of alkyl halides is 3. The van der Waals surface area contributed by atoms with Crippen LogP contribution in [0.15, 0.2) is 64.4 Å². The molecule has 4 nitrogen and oxygen atoms in total. The van der Waals surface area contributed by atoms with Crippen LogP contribution in [0.2, 0.25) is 0 Å². The molecule has 0 aliphatic rings. The van der Waals surface area contributed by atoms with Gasteiger partial charge in [-0.1, -0.05) is 30.3 Å². The molecule has 0 aromatic heterocycles. The van der Waals surface area contributed by atoms with Gasteiger partial charge >= 0.3 is 14.4 Å². The molecule has 0 atom stereocenters. The number of hydrogen-bond donors (Lipinski definition) is 0. The number of benzene rings is 2. The van der Waals surface area contributed by atoms with Gasteiger partial charge in [0.15, 0.2) is 0 Å².